The van der Waals surface area contributed by atoms with Gasteiger partial charge in [-0.2, -0.15) is 0 Å². The van der Waals surface area contributed by atoms with E-state index in [0.717, 1.165) is 49.2 Å². The molecule has 3 rings (SSSR count). The third-order valence-corrected chi connectivity index (χ3v) is 8.18. The van der Waals surface area contributed by atoms with Crippen LogP contribution in [0.25, 0.3) is 0 Å². The number of nitrogens with zero attached hydrogens (tertiary/aromatic N) is 3. The maximum Gasteiger partial charge on any atom is 0.266 e. The van der Waals surface area contributed by atoms with E-state index in [0.29, 0.717) is 21.3 Å². The second kappa shape index (κ2) is 11.7. The summed E-state index contributed by atoms with van der Waals surface area (Å²) < 4.78 is 0.653. The smallest absolute Gasteiger partial charge is 0.266 e. The predicted octanol–water partition coefficient (Wildman–Crippen LogP) is 6.49. The Morgan fingerprint density at radius 1 is 1.03 bits per heavy atom. The highest BCUT2D eigenvalue weighted by atomic mass is 32.2. The first-order valence-corrected chi connectivity index (χ1v) is 14.0. The molecular weight excluding hydrogens is 474 g/mol. The monoisotopic (exact) mass is 513 g/mol. The number of hydrogen-bond acceptors (Lipinski definition) is 5. The summed E-state index contributed by atoms with van der Waals surface area (Å²) in [7, 11) is 3.55. The lowest BCUT2D eigenvalue weighted by molar-refractivity contribution is -0.122. The normalized spacial score (nSPS) is 19.3. The maximum atomic E-state index is 13.1. The summed E-state index contributed by atoms with van der Waals surface area (Å²) in [5, 5.41) is 0. The fourth-order valence-corrected chi connectivity index (χ4v) is 5.93. The Hall–Kier alpha value is -2.12. The van der Waals surface area contributed by atoms with Crippen LogP contribution in [0.3, 0.4) is 0 Å². The molecule has 2 aliphatic heterocycles. The number of thioether (sulfide) groups is 1. The first-order valence-electron chi connectivity index (χ1n) is 12.7. The Labute approximate surface area is 220 Å². The molecule has 5 nitrogen and oxygen atoms in total. The van der Waals surface area contributed by atoms with Crippen LogP contribution in [0.2, 0.25) is 0 Å². The summed E-state index contributed by atoms with van der Waals surface area (Å²) in [5.41, 5.74) is 3.83. The van der Waals surface area contributed by atoms with Crippen molar-refractivity contribution in [2.24, 2.45) is 0 Å². The number of thiocarbonyl (C=S) groups is 1. The number of carbonyl (C=O) groups excluding carboxylic acids is 2. The van der Waals surface area contributed by atoms with E-state index >= 15 is 0 Å². The van der Waals surface area contributed by atoms with Crippen LogP contribution in [0.4, 0.5) is 5.69 Å². The highest BCUT2D eigenvalue weighted by Crippen LogP contribution is 2.48. The Bertz CT molecular complexity index is 1040. The summed E-state index contributed by atoms with van der Waals surface area (Å²) in [5.74, 6) is 0.0180. The van der Waals surface area contributed by atoms with Gasteiger partial charge in [-0.15, -0.1) is 0 Å². The van der Waals surface area contributed by atoms with E-state index in [1.54, 1.807) is 23.9 Å². The number of carbonyl (C=O) groups is 2. The number of unbranched alkanes of at least 4 members (excludes halogenated alkanes) is 4. The van der Waals surface area contributed by atoms with Gasteiger partial charge in [0, 0.05) is 49.5 Å². The van der Waals surface area contributed by atoms with Crippen molar-refractivity contribution in [2.45, 2.75) is 71.6 Å². The van der Waals surface area contributed by atoms with Crippen molar-refractivity contribution in [3.8, 4) is 0 Å². The SMILES string of the molecule is CCCCCCN1C(=O)C(=CC=C2N(CCCC)c3ccc(C(=O)N(C)C)cc3C2(C)C)SC1=S. The largest absolute Gasteiger partial charge is 0.345 e. The molecule has 0 bridgehead atoms. The van der Waals surface area contributed by atoms with Crippen LogP contribution in [0.1, 0.15) is 82.1 Å². The van der Waals surface area contributed by atoms with Crippen LogP contribution < -0.4 is 4.90 Å². The molecule has 0 aromatic heterocycles. The number of anilines is 1. The predicted molar refractivity (Wildman–Crippen MR) is 152 cm³/mol. The zero-order valence-corrected chi connectivity index (χ0v) is 23.7. The van der Waals surface area contributed by atoms with Crippen LogP contribution in [0.5, 0.6) is 0 Å². The van der Waals surface area contributed by atoms with Gasteiger partial charge in [0.1, 0.15) is 4.32 Å². The number of hydrogen-bond donors (Lipinski definition) is 0. The van der Waals surface area contributed by atoms with Crippen molar-refractivity contribution in [1.82, 2.24) is 9.80 Å². The summed E-state index contributed by atoms with van der Waals surface area (Å²) in [4.78, 5) is 32.1. The molecule has 0 N–H and O–H groups in total. The Morgan fingerprint density at radius 3 is 2.37 bits per heavy atom. The minimum Gasteiger partial charge on any atom is -0.345 e. The molecule has 2 amide bonds. The average molecular weight is 514 g/mol. The molecule has 1 aromatic carbocycles. The second-order valence-electron chi connectivity index (χ2n) is 10.0. The number of amides is 2. The van der Waals surface area contributed by atoms with Crippen molar-refractivity contribution < 1.29 is 9.59 Å². The molecule has 0 unspecified atom stereocenters. The lowest BCUT2D eigenvalue weighted by Crippen LogP contribution is -2.29. The first-order chi connectivity index (χ1) is 16.6. The lowest BCUT2D eigenvalue weighted by Gasteiger charge is -2.27. The molecule has 1 saturated heterocycles. The van der Waals surface area contributed by atoms with Gasteiger partial charge >= 0.3 is 0 Å². The van der Waals surface area contributed by atoms with Crippen LogP contribution in [0.15, 0.2) is 41.0 Å². The summed E-state index contributed by atoms with van der Waals surface area (Å²) >= 11 is 6.92. The Kier molecular flexibility index (Phi) is 9.22. The minimum absolute atomic E-state index is 0.00347. The van der Waals surface area contributed by atoms with Crippen LogP contribution in [0, 0.1) is 0 Å². The first kappa shape index (κ1) is 27.5. The molecule has 0 saturated carbocycles. The number of fused-ring (bicyclic) bond motifs is 1. The Morgan fingerprint density at radius 2 is 1.71 bits per heavy atom. The van der Waals surface area contributed by atoms with E-state index in [-0.39, 0.29) is 17.2 Å². The second-order valence-corrected chi connectivity index (χ2v) is 11.7. The van der Waals surface area contributed by atoms with Crippen LogP contribution in [-0.4, -0.2) is 53.1 Å². The van der Waals surface area contributed by atoms with Gasteiger partial charge in [-0.3, -0.25) is 14.5 Å². The van der Waals surface area contributed by atoms with Gasteiger partial charge in [0.15, 0.2) is 0 Å². The molecule has 0 spiro atoms. The van der Waals surface area contributed by atoms with E-state index in [2.05, 4.69) is 44.7 Å². The molecule has 190 valence electrons. The molecule has 0 atom stereocenters. The van der Waals surface area contributed by atoms with Crippen molar-refractivity contribution in [3.63, 3.8) is 0 Å². The summed E-state index contributed by atoms with van der Waals surface area (Å²) in [6.45, 7) is 10.4. The summed E-state index contributed by atoms with van der Waals surface area (Å²) in [6, 6.07) is 6.02. The quantitative estimate of drug-likeness (QED) is 0.203. The standard InChI is InChI=1S/C28H39N3O2S2/c1-7-9-11-12-18-31-26(33)23(35-27(31)34)15-16-24-28(3,4)21-19-20(25(32)29(5)6)13-14-22(21)30(24)17-10-8-2/h13-16,19H,7-12,17-18H2,1-6H3. The topological polar surface area (TPSA) is 43.9 Å². The van der Waals surface area contributed by atoms with Crippen molar-refractivity contribution in [3.05, 3.63) is 52.1 Å². The van der Waals surface area contributed by atoms with Crippen molar-refractivity contribution in [1.29, 1.82) is 0 Å². The minimum atomic E-state index is -0.296. The fraction of sp³-hybridized carbons (Fsp3) is 0.536. The van der Waals surface area contributed by atoms with Gasteiger partial charge in [0.25, 0.3) is 11.8 Å². The summed E-state index contributed by atoms with van der Waals surface area (Å²) in [6.07, 6.45) is 10.6. The van der Waals surface area contributed by atoms with E-state index in [1.807, 2.05) is 18.2 Å². The van der Waals surface area contributed by atoms with E-state index in [9.17, 15) is 9.59 Å². The molecule has 1 aromatic rings. The van der Waals surface area contributed by atoms with Gasteiger partial charge in [-0.05, 0) is 48.8 Å². The third kappa shape index (κ3) is 5.83. The van der Waals surface area contributed by atoms with Crippen molar-refractivity contribution in [2.75, 3.05) is 32.1 Å². The Balaban J connectivity index is 1.92. The molecular formula is C28H39N3O2S2. The van der Waals surface area contributed by atoms with E-state index < -0.39 is 0 Å². The van der Waals surface area contributed by atoms with Gasteiger partial charge < -0.3 is 9.80 Å². The zero-order chi connectivity index (χ0) is 25.8. The van der Waals surface area contributed by atoms with Gasteiger partial charge in [0.2, 0.25) is 0 Å². The van der Waals surface area contributed by atoms with E-state index in [4.69, 9.17) is 12.2 Å². The molecule has 0 radical (unpaired) electrons. The van der Waals surface area contributed by atoms with Crippen molar-refractivity contribution >= 4 is 45.8 Å². The van der Waals surface area contributed by atoms with Gasteiger partial charge in [-0.1, -0.05) is 77.4 Å². The maximum absolute atomic E-state index is 13.1. The molecule has 2 aliphatic rings. The number of benzene rings is 1. The number of rotatable bonds is 10. The third-order valence-electron chi connectivity index (χ3n) is 6.78. The van der Waals surface area contributed by atoms with Crippen LogP contribution >= 0.6 is 24.0 Å². The molecule has 7 heteroatoms. The molecule has 0 aliphatic carbocycles. The van der Waals surface area contributed by atoms with Crippen LogP contribution in [-0.2, 0) is 10.2 Å². The fourth-order valence-electron chi connectivity index (χ4n) is 4.68. The number of allylic oxidation sites excluding steroid dienone is 3. The molecule has 1 fully saturated rings. The van der Waals surface area contributed by atoms with Gasteiger partial charge in [-0.25, -0.2) is 0 Å². The zero-order valence-electron chi connectivity index (χ0n) is 22.0. The highest BCUT2D eigenvalue weighted by Gasteiger charge is 2.40. The molecule has 35 heavy (non-hydrogen) atoms. The van der Waals surface area contributed by atoms with E-state index in [1.165, 1.54) is 24.6 Å². The molecule has 2 heterocycles. The lowest BCUT2D eigenvalue weighted by atomic mass is 9.83. The average Bonchev–Trinajstić information content (AvgIpc) is 3.21. The van der Waals surface area contributed by atoms with Gasteiger partial charge in [0.05, 0.1) is 4.91 Å². The highest BCUT2D eigenvalue weighted by molar-refractivity contribution is 8.26.